The monoisotopic (exact) mass is 402 g/mol. The fourth-order valence-corrected chi connectivity index (χ4v) is 3.57. The van der Waals surface area contributed by atoms with Crippen molar-refractivity contribution in [1.82, 2.24) is 4.72 Å². The molecule has 1 amide bonds. The van der Waals surface area contributed by atoms with Crippen molar-refractivity contribution in [2.45, 2.75) is 24.2 Å². The molecule has 0 bridgehead atoms. The Morgan fingerprint density at radius 1 is 1.11 bits per heavy atom. The molecule has 0 unspecified atom stereocenters. The number of halogens is 3. The molecule has 0 fully saturated rings. The molecule has 1 heterocycles. The standard InChI is InChI=1S/C16H13F3N2O5S/c1-9(21-27(23,24)14-5-3-2-4-11(14)17)15(22)20-10-6-7-12-13(8-10)26-16(18,19)25-12/h2-9,21H,1H3,(H,20,22)/t9-/m0/s1. The van der Waals surface area contributed by atoms with Crippen molar-refractivity contribution in [1.29, 1.82) is 0 Å². The van der Waals surface area contributed by atoms with Gasteiger partial charge >= 0.3 is 6.29 Å². The molecule has 1 atom stereocenters. The van der Waals surface area contributed by atoms with Crippen LogP contribution in [-0.4, -0.2) is 26.7 Å². The third-order valence-electron chi connectivity index (χ3n) is 3.52. The molecule has 27 heavy (non-hydrogen) atoms. The molecule has 2 N–H and O–H groups in total. The average molecular weight is 402 g/mol. The van der Waals surface area contributed by atoms with Crippen LogP contribution >= 0.6 is 0 Å². The Balaban J connectivity index is 1.69. The number of amides is 1. The zero-order valence-electron chi connectivity index (χ0n) is 13.7. The van der Waals surface area contributed by atoms with Gasteiger partial charge in [-0.05, 0) is 31.2 Å². The Kier molecular flexibility index (Phi) is 4.74. The van der Waals surface area contributed by atoms with Gasteiger partial charge in [-0.1, -0.05) is 12.1 Å². The van der Waals surface area contributed by atoms with Crippen LogP contribution in [-0.2, 0) is 14.8 Å². The van der Waals surface area contributed by atoms with Gasteiger partial charge in [0.1, 0.15) is 10.7 Å². The fourth-order valence-electron chi connectivity index (χ4n) is 2.29. The highest BCUT2D eigenvalue weighted by Gasteiger charge is 2.43. The predicted octanol–water partition coefficient (Wildman–Crippen LogP) is 2.45. The molecule has 0 spiro atoms. The molecule has 0 saturated heterocycles. The maximum absolute atomic E-state index is 13.7. The first kappa shape index (κ1) is 19.0. The topological polar surface area (TPSA) is 93.7 Å². The predicted molar refractivity (Wildman–Crippen MR) is 87.5 cm³/mol. The Hall–Kier alpha value is -2.79. The van der Waals surface area contributed by atoms with Crippen LogP contribution in [0.15, 0.2) is 47.4 Å². The van der Waals surface area contributed by atoms with Gasteiger partial charge in [0.25, 0.3) is 0 Å². The molecule has 1 aliphatic rings. The summed E-state index contributed by atoms with van der Waals surface area (Å²) in [4.78, 5) is 11.6. The Morgan fingerprint density at radius 3 is 2.48 bits per heavy atom. The quantitative estimate of drug-likeness (QED) is 0.801. The van der Waals surface area contributed by atoms with Gasteiger partial charge in [0.05, 0.1) is 6.04 Å². The van der Waals surface area contributed by atoms with Gasteiger partial charge in [0.2, 0.25) is 15.9 Å². The number of nitrogens with one attached hydrogen (secondary N) is 2. The number of carbonyl (C=O) groups excluding carboxylic acids is 1. The first-order chi connectivity index (χ1) is 12.6. The van der Waals surface area contributed by atoms with E-state index in [2.05, 4.69) is 14.8 Å². The minimum absolute atomic E-state index is 0.0805. The van der Waals surface area contributed by atoms with E-state index in [0.717, 1.165) is 18.2 Å². The lowest BCUT2D eigenvalue weighted by atomic mass is 10.2. The minimum atomic E-state index is -4.28. The number of sulfonamides is 1. The lowest BCUT2D eigenvalue weighted by Gasteiger charge is -2.15. The van der Waals surface area contributed by atoms with Crippen LogP contribution in [0.1, 0.15) is 6.92 Å². The number of carbonyl (C=O) groups is 1. The molecule has 2 aromatic rings. The van der Waals surface area contributed by atoms with Gasteiger partial charge in [-0.25, -0.2) is 12.8 Å². The van der Waals surface area contributed by atoms with Crippen molar-refractivity contribution in [3.8, 4) is 11.5 Å². The summed E-state index contributed by atoms with van der Waals surface area (Å²) < 4.78 is 74.6. The van der Waals surface area contributed by atoms with Gasteiger partial charge in [-0.15, -0.1) is 8.78 Å². The molecule has 0 saturated carbocycles. The number of rotatable bonds is 5. The van der Waals surface area contributed by atoms with E-state index < -0.39 is 39.0 Å². The SMILES string of the molecule is C[C@H](NS(=O)(=O)c1ccccc1F)C(=O)Nc1ccc2c(c1)OC(F)(F)O2. The summed E-state index contributed by atoms with van der Waals surface area (Å²) in [6.45, 7) is 1.24. The van der Waals surface area contributed by atoms with Crippen LogP contribution in [0, 0.1) is 5.82 Å². The fraction of sp³-hybridized carbons (Fsp3) is 0.188. The number of benzene rings is 2. The van der Waals surface area contributed by atoms with Crippen molar-refractivity contribution < 1.29 is 35.9 Å². The lowest BCUT2D eigenvalue weighted by molar-refractivity contribution is -0.286. The number of fused-ring (bicyclic) bond motifs is 1. The summed E-state index contributed by atoms with van der Waals surface area (Å²) in [5.74, 6) is -2.24. The zero-order chi connectivity index (χ0) is 19.8. The van der Waals surface area contributed by atoms with Crippen molar-refractivity contribution in [3.63, 3.8) is 0 Å². The summed E-state index contributed by atoms with van der Waals surface area (Å²) >= 11 is 0. The molecular formula is C16H13F3N2O5S. The Labute approximate surface area is 152 Å². The maximum atomic E-state index is 13.7. The van der Waals surface area contributed by atoms with Gasteiger partial charge in [-0.2, -0.15) is 4.72 Å². The highest BCUT2D eigenvalue weighted by molar-refractivity contribution is 7.89. The molecule has 144 valence electrons. The molecular weight excluding hydrogens is 389 g/mol. The molecule has 1 aliphatic heterocycles. The van der Waals surface area contributed by atoms with E-state index in [9.17, 15) is 26.4 Å². The van der Waals surface area contributed by atoms with E-state index in [0.29, 0.717) is 0 Å². The van der Waals surface area contributed by atoms with Crippen LogP contribution in [0.5, 0.6) is 11.5 Å². The normalized spacial score (nSPS) is 16.0. The van der Waals surface area contributed by atoms with Crippen molar-refractivity contribution in [2.24, 2.45) is 0 Å². The number of alkyl halides is 2. The smallest absolute Gasteiger partial charge is 0.395 e. The Bertz CT molecular complexity index is 997. The Morgan fingerprint density at radius 2 is 1.78 bits per heavy atom. The number of ether oxygens (including phenoxy) is 2. The van der Waals surface area contributed by atoms with Crippen LogP contribution in [0.25, 0.3) is 0 Å². The van der Waals surface area contributed by atoms with E-state index >= 15 is 0 Å². The molecule has 7 nitrogen and oxygen atoms in total. The van der Waals surface area contributed by atoms with Crippen molar-refractivity contribution in [2.75, 3.05) is 5.32 Å². The molecule has 11 heteroatoms. The third kappa shape index (κ3) is 4.14. The highest BCUT2D eigenvalue weighted by atomic mass is 32.2. The zero-order valence-corrected chi connectivity index (χ0v) is 14.5. The second kappa shape index (κ2) is 6.74. The van der Waals surface area contributed by atoms with E-state index in [1.165, 1.54) is 31.2 Å². The van der Waals surface area contributed by atoms with Crippen molar-refractivity contribution in [3.05, 3.63) is 48.3 Å². The molecule has 0 aromatic heterocycles. The summed E-state index contributed by atoms with van der Waals surface area (Å²) in [5.41, 5.74) is 0.0805. The van der Waals surface area contributed by atoms with Gasteiger partial charge in [0.15, 0.2) is 11.5 Å². The molecule has 0 aliphatic carbocycles. The van der Waals surface area contributed by atoms with Crippen molar-refractivity contribution >= 4 is 21.6 Å². The number of hydrogen-bond acceptors (Lipinski definition) is 5. The van der Waals surface area contributed by atoms with Crippen LogP contribution in [0.3, 0.4) is 0 Å². The molecule has 2 aromatic carbocycles. The number of hydrogen-bond donors (Lipinski definition) is 2. The summed E-state index contributed by atoms with van der Waals surface area (Å²) in [5, 5.41) is 2.35. The van der Waals surface area contributed by atoms with Gasteiger partial charge < -0.3 is 14.8 Å². The highest BCUT2D eigenvalue weighted by Crippen LogP contribution is 2.42. The largest absolute Gasteiger partial charge is 0.586 e. The van der Waals surface area contributed by atoms with Crippen LogP contribution in [0.4, 0.5) is 18.9 Å². The first-order valence-corrected chi connectivity index (χ1v) is 9.03. The van der Waals surface area contributed by atoms with E-state index in [4.69, 9.17) is 0 Å². The van der Waals surface area contributed by atoms with E-state index in [1.54, 1.807) is 0 Å². The summed E-state index contributed by atoms with van der Waals surface area (Å²) in [6, 6.07) is 6.97. The summed E-state index contributed by atoms with van der Waals surface area (Å²) in [7, 11) is -4.28. The maximum Gasteiger partial charge on any atom is 0.586 e. The van der Waals surface area contributed by atoms with Crippen LogP contribution < -0.4 is 19.5 Å². The van der Waals surface area contributed by atoms with E-state index in [1.807, 2.05) is 4.72 Å². The van der Waals surface area contributed by atoms with Gasteiger partial charge in [-0.3, -0.25) is 4.79 Å². The average Bonchev–Trinajstić information content (AvgIpc) is 2.87. The molecule has 0 radical (unpaired) electrons. The second-order valence-corrected chi connectivity index (χ2v) is 7.27. The van der Waals surface area contributed by atoms with Crippen LogP contribution in [0.2, 0.25) is 0 Å². The third-order valence-corrected chi connectivity index (χ3v) is 5.09. The molecule has 3 rings (SSSR count). The summed E-state index contributed by atoms with van der Waals surface area (Å²) in [6.07, 6.45) is -3.80. The second-order valence-electron chi connectivity index (χ2n) is 5.59. The number of anilines is 1. The van der Waals surface area contributed by atoms with E-state index in [-0.39, 0.29) is 17.2 Å². The lowest BCUT2D eigenvalue weighted by Crippen LogP contribution is -2.41. The van der Waals surface area contributed by atoms with Gasteiger partial charge in [0, 0.05) is 11.8 Å². The minimum Gasteiger partial charge on any atom is -0.395 e. The first-order valence-electron chi connectivity index (χ1n) is 7.55.